The maximum atomic E-state index is 12.2. The molecule has 0 aromatic carbocycles. The van der Waals surface area contributed by atoms with Crippen molar-refractivity contribution in [1.82, 2.24) is 10.2 Å². The molecule has 0 radical (unpaired) electrons. The van der Waals surface area contributed by atoms with Crippen LogP contribution in [0.4, 0.5) is 4.79 Å². The lowest BCUT2D eigenvalue weighted by Gasteiger charge is -2.24. The molecule has 1 fully saturated rings. The van der Waals surface area contributed by atoms with E-state index in [4.69, 9.17) is 5.11 Å². The smallest absolute Gasteiger partial charge is 0.326 e. The van der Waals surface area contributed by atoms with Crippen molar-refractivity contribution >= 4 is 23.3 Å². The van der Waals surface area contributed by atoms with Crippen molar-refractivity contribution in [3.63, 3.8) is 0 Å². The summed E-state index contributed by atoms with van der Waals surface area (Å²) in [6.45, 7) is 3.98. The second kappa shape index (κ2) is 6.44. The number of urea groups is 1. The minimum absolute atomic E-state index is 0.0631. The normalized spacial score (nSPS) is 23.1. The number of aliphatic hydroxyl groups excluding tert-OH is 1. The lowest BCUT2D eigenvalue weighted by Crippen LogP contribution is -2.49. The summed E-state index contributed by atoms with van der Waals surface area (Å²) in [5.74, 6) is -1.08. The monoisotopic (exact) mass is 312 g/mol. The van der Waals surface area contributed by atoms with Gasteiger partial charge in [0.2, 0.25) is 0 Å². The van der Waals surface area contributed by atoms with E-state index in [1.807, 2.05) is 26.0 Å². The fourth-order valence-electron chi connectivity index (χ4n) is 2.51. The largest absolute Gasteiger partial charge is 0.480 e. The van der Waals surface area contributed by atoms with Crippen molar-refractivity contribution < 1.29 is 19.8 Å². The van der Waals surface area contributed by atoms with Crippen LogP contribution < -0.4 is 5.32 Å². The molecule has 1 aromatic rings. The Bertz CT molecular complexity index is 531. The maximum Gasteiger partial charge on any atom is 0.326 e. The Hall–Kier alpha value is -1.60. The standard InChI is InChI=1S/C14H20N2O4S/c1-8(5-11-4-3-9(2)21-11)15-14(20)16-7-10(17)6-12(16)13(18)19/h3-4,8,10,12,17H,5-7H2,1-2H3,(H,15,20)(H,18,19)/t8?,10-,12+/m1/s1. The number of carbonyl (C=O) groups is 2. The van der Waals surface area contributed by atoms with Crippen LogP contribution in [0, 0.1) is 6.92 Å². The SMILES string of the molecule is Cc1ccc(CC(C)NC(=O)N2C[C@H](O)C[C@H]2C(=O)O)s1. The fraction of sp³-hybridized carbons (Fsp3) is 0.571. The van der Waals surface area contributed by atoms with Crippen LogP contribution in [0.5, 0.6) is 0 Å². The Kier molecular flexibility index (Phi) is 4.84. The summed E-state index contributed by atoms with van der Waals surface area (Å²) < 4.78 is 0. The predicted octanol–water partition coefficient (Wildman–Crippen LogP) is 1.22. The van der Waals surface area contributed by atoms with E-state index in [1.165, 1.54) is 14.7 Å². The van der Waals surface area contributed by atoms with Gasteiger partial charge in [0.1, 0.15) is 6.04 Å². The predicted molar refractivity (Wildman–Crippen MR) is 79.5 cm³/mol. The van der Waals surface area contributed by atoms with Gasteiger partial charge in [-0.05, 0) is 26.0 Å². The van der Waals surface area contributed by atoms with E-state index in [2.05, 4.69) is 5.32 Å². The Morgan fingerprint density at radius 3 is 2.81 bits per heavy atom. The number of aliphatic carboxylic acids is 1. The second-order valence-electron chi connectivity index (χ2n) is 5.46. The Morgan fingerprint density at radius 1 is 1.52 bits per heavy atom. The number of aryl methyl sites for hydroxylation is 1. The first-order valence-corrected chi connectivity index (χ1v) is 7.71. The first-order valence-electron chi connectivity index (χ1n) is 6.90. The molecule has 0 spiro atoms. The molecule has 116 valence electrons. The van der Waals surface area contributed by atoms with Crippen molar-refractivity contribution in [2.24, 2.45) is 0 Å². The van der Waals surface area contributed by atoms with Crippen molar-refractivity contribution in [3.8, 4) is 0 Å². The minimum atomic E-state index is -1.08. The van der Waals surface area contributed by atoms with E-state index >= 15 is 0 Å². The lowest BCUT2D eigenvalue weighted by molar-refractivity contribution is -0.141. The highest BCUT2D eigenvalue weighted by atomic mass is 32.1. The highest BCUT2D eigenvalue weighted by Gasteiger charge is 2.39. The van der Waals surface area contributed by atoms with Crippen molar-refractivity contribution in [2.75, 3.05) is 6.54 Å². The molecule has 1 aliphatic heterocycles. The average molecular weight is 312 g/mol. The number of carboxylic acid groups (broad SMARTS) is 1. The third kappa shape index (κ3) is 3.95. The van der Waals surface area contributed by atoms with Gasteiger partial charge in [-0.15, -0.1) is 11.3 Å². The van der Waals surface area contributed by atoms with Gasteiger partial charge in [-0.2, -0.15) is 0 Å². The van der Waals surface area contributed by atoms with E-state index in [9.17, 15) is 14.7 Å². The summed E-state index contributed by atoms with van der Waals surface area (Å²) in [4.78, 5) is 26.9. The van der Waals surface area contributed by atoms with Crippen LogP contribution in [0.15, 0.2) is 12.1 Å². The van der Waals surface area contributed by atoms with Crippen LogP contribution in [0.2, 0.25) is 0 Å². The number of rotatable bonds is 4. The number of carboxylic acids is 1. The van der Waals surface area contributed by atoms with Gasteiger partial charge < -0.3 is 20.4 Å². The van der Waals surface area contributed by atoms with E-state index in [-0.39, 0.29) is 19.0 Å². The molecule has 1 aromatic heterocycles. The van der Waals surface area contributed by atoms with E-state index < -0.39 is 24.1 Å². The molecule has 7 heteroatoms. The Labute approximate surface area is 127 Å². The van der Waals surface area contributed by atoms with Gasteiger partial charge >= 0.3 is 12.0 Å². The molecule has 2 rings (SSSR count). The molecule has 2 heterocycles. The van der Waals surface area contributed by atoms with Gasteiger partial charge in [0.25, 0.3) is 0 Å². The van der Waals surface area contributed by atoms with Gasteiger partial charge in [0, 0.05) is 35.2 Å². The highest BCUT2D eigenvalue weighted by molar-refractivity contribution is 7.11. The van der Waals surface area contributed by atoms with E-state index in [1.54, 1.807) is 11.3 Å². The number of hydrogen-bond acceptors (Lipinski definition) is 4. The zero-order valence-electron chi connectivity index (χ0n) is 12.1. The van der Waals surface area contributed by atoms with Crippen molar-refractivity contribution in [3.05, 3.63) is 21.9 Å². The number of β-amino-alcohol motifs (C(OH)–C–C–N with tert-alkyl or cyclic N) is 1. The zero-order valence-corrected chi connectivity index (χ0v) is 12.9. The quantitative estimate of drug-likeness (QED) is 0.780. The highest BCUT2D eigenvalue weighted by Crippen LogP contribution is 2.19. The number of hydrogen-bond donors (Lipinski definition) is 3. The summed E-state index contributed by atoms with van der Waals surface area (Å²) in [5.41, 5.74) is 0. The summed E-state index contributed by atoms with van der Waals surface area (Å²) in [6.07, 6.45) is 0.0201. The molecule has 3 N–H and O–H groups in total. The number of nitrogens with one attached hydrogen (secondary N) is 1. The molecule has 1 aliphatic rings. The summed E-state index contributed by atoms with van der Waals surface area (Å²) in [6, 6.07) is 2.59. The third-order valence-corrected chi connectivity index (χ3v) is 4.52. The molecule has 0 aliphatic carbocycles. The van der Waals surface area contributed by atoms with Crippen LogP contribution in [0.1, 0.15) is 23.1 Å². The van der Waals surface area contributed by atoms with Crippen LogP contribution in [-0.2, 0) is 11.2 Å². The summed E-state index contributed by atoms with van der Waals surface area (Å²) >= 11 is 1.68. The van der Waals surface area contributed by atoms with Crippen LogP contribution in [0.25, 0.3) is 0 Å². The molecule has 3 atom stereocenters. The molecule has 0 saturated carbocycles. The maximum absolute atomic E-state index is 12.2. The Morgan fingerprint density at radius 2 is 2.24 bits per heavy atom. The molecular formula is C14H20N2O4S. The number of carbonyl (C=O) groups excluding carboxylic acids is 1. The van der Waals surface area contributed by atoms with Crippen molar-refractivity contribution in [2.45, 2.75) is 44.9 Å². The number of nitrogens with zero attached hydrogens (tertiary/aromatic N) is 1. The van der Waals surface area contributed by atoms with Crippen LogP contribution >= 0.6 is 11.3 Å². The lowest BCUT2D eigenvalue weighted by atomic mass is 10.2. The molecule has 1 saturated heterocycles. The molecular weight excluding hydrogens is 292 g/mol. The van der Waals surface area contributed by atoms with Crippen molar-refractivity contribution in [1.29, 1.82) is 0 Å². The summed E-state index contributed by atoms with van der Waals surface area (Å²) in [5, 5.41) is 21.5. The first-order chi connectivity index (χ1) is 9.86. The van der Waals surface area contributed by atoms with E-state index in [0.29, 0.717) is 6.42 Å². The number of thiophene rings is 1. The fourth-order valence-corrected chi connectivity index (χ4v) is 3.53. The number of likely N-dealkylation sites (tertiary alicyclic amines) is 1. The van der Waals surface area contributed by atoms with Gasteiger partial charge in [-0.1, -0.05) is 0 Å². The summed E-state index contributed by atoms with van der Waals surface area (Å²) in [7, 11) is 0. The molecule has 21 heavy (non-hydrogen) atoms. The van der Waals surface area contributed by atoms with Crippen LogP contribution in [-0.4, -0.2) is 51.8 Å². The van der Waals surface area contributed by atoms with Gasteiger partial charge in [-0.3, -0.25) is 0 Å². The minimum Gasteiger partial charge on any atom is -0.480 e. The van der Waals surface area contributed by atoms with Gasteiger partial charge in [0.05, 0.1) is 6.10 Å². The van der Waals surface area contributed by atoms with Gasteiger partial charge in [-0.25, -0.2) is 9.59 Å². The molecule has 1 unspecified atom stereocenters. The third-order valence-electron chi connectivity index (χ3n) is 3.50. The topological polar surface area (TPSA) is 89.9 Å². The Balaban J connectivity index is 1.92. The zero-order chi connectivity index (χ0) is 15.6. The number of aliphatic hydroxyl groups is 1. The number of amides is 2. The second-order valence-corrected chi connectivity index (χ2v) is 6.84. The molecule has 0 bridgehead atoms. The molecule has 2 amide bonds. The molecule has 6 nitrogen and oxygen atoms in total. The first kappa shape index (κ1) is 15.8. The average Bonchev–Trinajstić information content (AvgIpc) is 2.95. The van der Waals surface area contributed by atoms with Crippen LogP contribution in [0.3, 0.4) is 0 Å². The van der Waals surface area contributed by atoms with Gasteiger partial charge in [0.15, 0.2) is 0 Å². The van der Waals surface area contributed by atoms with E-state index in [0.717, 1.165) is 0 Å².